The van der Waals surface area contributed by atoms with E-state index < -0.39 is 131 Å². The van der Waals surface area contributed by atoms with Gasteiger partial charge in [0, 0.05) is 62.8 Å². The quantitative estimate of drug-likeness (QED) is 0.0792. The van der Waals surface area contributed by atoms with Crippen LogP contribution in [0.4, 0.5) is 4.39 Å². The highest BCUT2D eigenvalue weighted by Crippen LogP contribution is 2.49. The minimum atomic E-state index is -1.69. The largest absolute Gasteiger partial charge is 0.458 e. The van der Waals surface area contributed by atoms with E-state index in [0.29, 0.717) is 17.8 Å². The number of aryl methyl sites for hydroxylation is 1. The predicted molar refractivity (Wildman–Crippen MR) is 263 cm³/mol. The number of rotatable bonds is 14. The molecular formula is C52H79FN6O15. The van der Waals surface area contributed by atoms with Crippen molar-refractivity contribution in [3.8, 4) is 5.69 Å². The third-order valence-electron chi connectivity index (χ3n) is 16.1. The van der Waals surface area contributed by atoms with Crippen LogP contribution in [0.25, 0.3) is 5.69 Å². The topological polar surface area (TPSA) is 264 Å². The number of halogens is 1. The molecule has 1 aromatic carbocycles. The fourth-order valence-corrected chi connectivity index (χ4v) is 11.7. The summed E-state index contributed by atoms with van der Waals surface area (Å²) in [6.45, 7) is 17.3. The van der Waals surface area contributed by atoms with Crippen molar-refractivity contribution in [2.24, 2.45) is 46.4 Å². The van der Waals surface area contributed by atoms with E-state index in [0.717, 1.165) is 0 Å². The smallest absolute Gasteiger partial charge is 0.335 e. The molecule has 10 unspecified atom stereocenters. The Morgan fingerprint density at radius 3 is 2.30 bits per heavy atom. The minimum Gasteiger partial charge on any atom is -0.458 e. The zero-order chi connectivity index (χ0) is 54.8. The van der Waals surface area contributed by atoms with E-state index in [1.54, 1.807) is 61.5 Å². The molecule has 0 radical (unpaired) electrons. The Morgan fingerprint density at radius 2 is 1.66 bits per heavy atom. The fourth-order valence-electron chi connectivity index (χ4n) is 11.7. The summed E-state index contributed by atoms with van der Waals surface area (Å²) in [7, 11) is 6.69. The van der Waals surface area contributed by atoms with Gasteiger partial charge in [0.1, 0.15) is 35.8 Å². The number of aliphatic hydroxyl groups excluding tert-OH is 2. The lowest BCUT2D eigenvalue weighted by Crippen LogP contribution is -2.61. The number of amidine groups is 1. The molecule has 0 bridgehead atoms. The van der Waals surface area contributed by atoms with Gasteiger partial charge in [-0.25, -0.2) is 9.18 Å². The van der Waals surface area contributed by atoms with Crippen LogP contribution < -0.4 is 5.73 Å². The number of carbonyl (C=O) groups excluding carboxylic acids is 4. The van der Waals surface area contributed by atoms with Crippen LogP contribution in [0.3, 0.4) is 0 Å². The number of ether oxygens (including phenoxy) is 8. The molecular weight excluding hydrogens is 968 g/mol. The predicted octanol–water partition coefficient (Wildman–Crippen LogP) is 4.04. The summed E-state index contributed by atoms with van der Waals surface area (Å²) in [5, 5.41) is 35.3. The van der Waals surface area contributed by atoms with Gasteiger partial charge in [0.15, 0.2) is 24.0 Å². The lowest BCUT2D eigenvalue weighted by atomic mass is 9.67. The minimum absolute atomic E-state index is 0.0187. The average molecular weight is 1050 g/mol. The molecule has 0 saturated carbocycles. The van der Waals surface area contributed by atoms with Gasteiger partial charge in [0.05, 0.1) is 65.5 Å². The molecule has 22 heteroatoms. The molecule has 2 aromatic rings. The molecule has 4 saturated heterocycles. The number of ketones is 1. The number of cyclic esters (lactones) is 1. The Kier molecular flexibility index (Phi) is 18.9. The van der Waals surface area contributed by atoms with E-state index in [9.17, 15) is 29.0 Å². The van der Waals surface area contributed by atoms with Crippen LogP contribution in [0.15, 0.2) is 35.6 Å². The first kappa shape index (κ1) is 58.7. The number of aromatic nitrogens is 3. The standard InChI is InChI=1S/C52H79FN6O15/c1-15-36-52(10)40(39(48(65)73-52)46(54)57-74-37(60)20-19-33-25-55-59(56-33)34-18-16-17-32(53)22-34)28(4)41(61)26(2)23-51(9,67-14)45(72-49-42(62)35(58(11)12)21-27(3)68-49)29(5)43(30(6)47(64)70-36)71-38-24-50(8,66-13)44(63)31(7)69-38/h16-18,22,25-31,35-36,38-40,42-45,49,62-63H,15,19-21,23-24H2,1-14H3,(H2,54,57)/t26-,27?,28-,29+,30-,31?,35?,36-,38?,39?,40?,42?,43+,44?,45-,49?,50?,51+,52-/m1/s1. The lowest BCUT2D eigenvalue weighted by molar-refractivity contribution is -0.319. The van der Waals surface area contributed by atoms with Gasteiger partial charge in [-0.3, -0.25) is 14.4 Å². The average Bonchev–Trinajstić information content (AvgIpc) is 3.95. The number of aliphatic hydroxyl groups is 2. The first-order valence-electron chi connectivity index (χ1n) is 25.6. The van der Waals surface area contributed by atoms with Crippen LogP contribution in [0.1, 0.15) is 107 Å². The Balaban J connectivity index is 1.36. The molecule has 6 rings (SSSR count). The van der Waals surface area contributed by atoms with Crippen LogP contribution >= 0.6 is 0 Å². The molecule has 4 aliphatic heterocycles. The van der Waals surface area contributed by atoms with Crippen molar-refractivity contribution < 1.29 is 76.5 Å². The maximum atomic E-state index is 15.1. The second-order valence-corrected chi connectivity index (χ2v) is 21.7. The van der Waals surface area contributed by atoms with E-state index >= 15 is 4.79 Å². The number of esters is 2. The molecule has 0 aliphatic carbocycles. The van der Waals surface area contributed by atoms with Crippen molar-refractivity contribution in [3.63, 3.8) is 0 Å². The molecule has 414 valence electrons. The SMILES string of the molecule is CC[C@H]1OC(=O)[C@H](C)[C@@H](OC2CC(C)(OC)C(O)C(C)O2)[C@H](C)[C@@H](OC2OC(C)CC(N(C)C)C2O)[C@@](C)(OC)C[C@@H](C)C(=O)[C@H](C)C2C(/C(N)=N\OC(=O)CCc3cnn(-c4cccc(F)c4)n3)C(=O)O[C@@]21C. The summed E-state index contributed by atoms with van der Waals surface area (Å²) in [5.41, 5.74) is 3.20. The van der Waals surface area contributed by atoms with E-state index in [1.165, 1.54) is 43.4 Å². The number of nitrogens with two attached hydrogens (primary N) is 1. The first-order valence-corrected chi connectivity index (χ1v) is 25.6. The van der Waals surface area contributed by atoms with E-state index in [2.05, 4.69) is 15.4 Å². The highest BCUT2D eigenvalue weighted by molar-refractivity contribution is 6.03. The van der Waals surface area contributed by atoms with Gasteiger partial charge in [0.2, 0.25) is 0 Å². The van der Waals surface area contributed by atoms with Crippen LogP contribution in [0, 0.1) is 41.3 Å². The van der Waals surface area contributed by atoms with Crippen molar-refractivity contribution in [2.75, 3.05) is 28.3 Å². The lowest BCUT2D eigenvalue weighted by Gasteiger charge is -2.50. The van der Waals surface area contributed by atoms with Crippen LogP contribution in [0.2, 0.25) is 0 Å². The van der Waals surface area contributed by atoms with Crippen LogP contribution in [0.5, 0.6) is 0 Å². The number of methoxy groups -OCH3 is 2. The zero-order valence-electron chi connectivity index (χ0n) is 45.3. The van der Waals surface area contributed by atoms with Crippen molar-refractivity contribution >= 4 is 29.5 Å². The summed E-state index contributed by atoms with van der Waals surface area (Å²) in [6, 6.07) is 5.34. The molecule has 4 aliphatic rings. The molecule has 4 N–H and O–H groups in total. The highest BCUT2D eigenvalue weighted by Gasteiger charge is 2.63. The second kappa shape index (κ2) is 23.8. The molecule has 5 heterocycles. The van der Waals surface area contributed by atoms with E-state index in [1.807, 2.05) is 32.8 Å². The number of likely N-dealkylation sites (N-methyl/N-ethyl adjacent to an activating group) is 1. The highest BCUT2D eigenvalue weighted by atomic mass is 19.1. The molecule has 74 heavy (non-hydrogen) atoms. The number of oxime groups is 1. The zero-order valence-corrected chi connectivity index (χ0v) is 45.3. The van der Waals surface area contributed by atoms with Gasteiger partial charge in [-0.1, -0.05) is 38.9 Å². The summed E-state index contributed by atoms with van der Waals surface area (Å²) < 4.78 is 65.1. The number of hydrogen-bond donors (Lipinski definition) is 3. The number of nitrogens with zero attached hydrogens (tertiary/aromatic N) is 5. The van der Waals surface area contributed by atoms with Crippen LogP contribution in [-0.4, -0.2) is 166 Å². The molecule has 19 atom stereocenters. The van der Waals surface area contributed by atoms with Crippen LogP contribution in [-0.2, 0) is 68.3 Å². The monoisotopic (exact) mass is 1050 g/mol. The van der Waals surface area contributed by atoms with Crippen molar-refractivity contribution in [1.29, 1.82) is 0 Å². The number of benzene rings is 1. The normalized spacial score (nSPS) is 39.8. The van der Waals surface area contributed by atoms with Gasteiger partial charge in [-0.05, 0) is 87.0 Å². The van der Waals surface area contributed by atoms with Gasteiger partial charge < -0.3 is 63.6 Å². The number of carbonyl (C=O) groups is 4. The van der Waals surface area contributed by atoms with E-state index in [4.69, 9.17) is 48.5 Å². The second-order valence-electron chi connectivity index (χ2n) is 21.7. The van der Waals surface area contributed by atoms with Crippen molar-refractivity contribution in [3.05, 3.63) is 42.0 Å². The number of hydrogen-bond acceptors (Lipinski definition) is 19. The Bertz CT molecular complexity index is 2320. The summed E-state index contributed by atoms with van der Waals surface area (Å²) >= 11 is 0. The maximum absolute atomic E-state index is 15.1. The van der Waals surface area contributed by atoms with Crippen molar-refractivity contribution in [2.45, 2.75) is 186 Å². The maximum Gasteiger partial charge on any atom is 0.335 e. The first-order chi connectivity index (χ1) is 34.7. The fraction of sp³-hybridized carbons (Fsp3) is 0.750. The molecule has 0 amide bonds. The summed E-state index contributed by atoms with van der Waals surface area (Å²) in [5.74, 6) is -10.0. The van der Waals surface area contributed by atoms with Gasteiger partial charge in [-0.15, -0.1) is 0 Å². The molecule has 0 spiro atoms. The Hall–Kier alpha value is -4.52. The Labute approximate surface area is 433 Å². The molecule has 4 fully saturated rings. The third-order valence-corrected chi connectivity index (χ3v) is 16.1. The number of fused-ring (bicyclic) bond motifs is 1. The Morgan fingerprint density at radius 1 is 0.973 bits per heavy atom. The van der Waals surface area contributed by atoms with Gasteiger partial charge in [-0.2, -0.15) is 15.0 Å². The van der Waals surface area contributed by atoms with Gasteiger partial charge >= 0.3 is 17.9 Å². The summed E-state index contributed by atoms with van der Waals surface area (Å²) in [6.07, 6.45) is -6.78. The molecule has 21 nitrogen and oxygen atoms in total. The molecule has 1 aromatic heterocycles. The van der Waals surface area contributed by atoms with Crippen molar-refractivity contribution in [1.82, 2.24) is 19.9 Å². The van der Waals surface area contributed by atoms with Gasteiger partial charge in [0.25, 0.3) is 0 Å². The third kappa shape index (κ3) is 12.3. The number of Topliss-reactive ketones (excluding diaryl/α,β-unsaturated/α-hetero) is 1. The van der Waals surface area contributed by atoms with E-state index in [-0.39, 0.29) is 50.0 Å². The summed E-state index contributed by atoms with van der Waals surface area (Å²) in [4.78, 5) is 65.8.